The van der Waals surface area contributed by atoms with Gasteiger partial charge in [-0.2, -0.15) is 15.3 Å². The number of aromatic nitrogens is 2. The molecule has 0 aliphatic carbocycles. The Morgan fingerprint density at radius 1 is 0.635 bits per heavy atom. The number of rotatable bonds is 7. The van der Waals surface area contributed by atoms with Gasteiger partial charge in [-0.15, -0.1) is 10.8 Å². The van der Waals surface area contributed by atoms with Crippen LogP contribution >= 0.6 is 0 Å². The van der Waals surface area contributed by atoms with Crippen LogP contribution in [0.5, 0.6) is 17.2 Å². The van der Waals surface area contributed by atoms with Crippen molar-refractivity contribution in [3.63, 3.8) is 0 Å². The molecule has 16 nitrogen and oxygen atoms in total. The third kappa shape index (κ3) is 9.79. The fourth-order valence-electron chi connectivity index (χ4n) is 4.41. The fraction of sp³-hybridized carbons (Fsp3) is 0.0312. The number of nitrogens with zero attached hydrogens (tertiary/aromatic N) is 6. The van der Waals surface area contributed by atoms with Crippen LogP contribution in [-0.4, -0.2) is 21.5 Å². The Morgan fingerprint density at radius 2 is 1.12 bits per heavy atom. The minimum Gasteiger partial charge on any atom is -0.871 e. The van der Waals surface area contributed by atoms with Crippen molar-refractivity contribution in [1.29, 1.82) is 0 Å². The molecule has 0 saturated carbocycles. The van der Waals surface area contributed by atoms with Gasteiger partial charge in [0.05, 0.1) is 26.9 Å². The van der Waals surface area contributed by atoms with Crippen molar-refractivity contribution in [2.75, 3.05) is 0 Å². The van der Waals surface area contributed by atoms with Gasteiger partial charge in [-0.05, 0) is 41.8 Å². The summed E-state index contributed by atoms with van der Waals surface area (Å²) in [5, 5.41) is 66.4. The number of primary sulfonamides is 2. The van der Waals surface area contributed by atoms with Crippen molar-refractivity contribution in [2.24, 2.45) is 30.7 Å². The summed E-state index contributed by atoms with van der Waals surface area (Å²) in [5.41, 5.74) is -0.0626. The Hall–Kier alpha value is -4.70. The average Bonchev–Trinajstić information content (AvgIpc) is 3.36. The maximum absolute atomic E-state index is 12.5. The van der Waals surface area contributed by atoms with Crippen molar-refractivity contribution in [3.8, 4) is 22.9 Å². The Labute approximate surface area is 329 Å². The molecule has 0 saturated heterocycles. The summed E-state index contributed by atoms with van der Waals surface area (Å²) in [6.07, 6.45) is 0. The zero-order valence-corrected chi connectivity index (χ0v) is 31.7. The Morgan fingerprint density at radius 3 is 1.65 bits per heavy atom. The van der Waals surface area contributed by atoms with E-state index < -0.39 is 37.1 Å². The number of para-hydroxylation sites is 1. The molecule has 20 heteroatoms. The van der Waals surface area contributed by atoms with E-state index in [0.717, 1.165) is 41.8 Å². The van der Waals surface area contributed by atoms with Crippen LogP contribution in [0.1, 0.15) is 5.69 Å². The molecule has 0 bridgehead atoms. The minimum absolute atomic E-state index is 0. The normalized spacial score (nSPS) is 11.5. The average molecular weight is 795 g/mol. The van der Waals surface area contributed by atoms with Crippen LogP contribution in [0.3, 0.4) is 0 Å². The van der Waals surface area contributed by atoms with E-state index in [9.17, 15) is 36.9 Å². The molecule has 6 aromatic rings. The second-order valence-electron chi connectivity index (χ2n) is 10.4. The number of aryl methyl sites for hydroxylation is 1. The summed E-state index contributed by atoms with van der Waals surface area (Å²) in [5.74, 6) is -1.44. The molecule has 0 fully saturated rings. The van der Waals surface area contributed by atoms with Crippen LogP contribution < -0.4 is 65.8 Å². The summed E-state index contributed by atoms with van der Waals surface area (Å²) >= 11 is 0. The largest absolute Gasteiger partial charge is 3.00 e. The monoisotopic (exact) mass is 794 g/mol. The standard InChI is InChI=1S/C16H15N5O4S.C16H13N3O4S.Co.Na/c1-10-15(16(23)21(20-10)11-5-3-2-4-6-11)19-18-13-9-12(26(17,24)25)7-8-14(13)22;17-24(22,23)11-6-8-14(20)13(9-11)18-19-16-12-4-2-1-3-10(12)5-7-15(16)21;;/h2-9H,1H3,(H4,17,18,19,20,22,23,24,25);1-9,20-21H,(H2,17,22,23);;/q;;+3;+1/p-4. The SMILES string of the molecule is Cc1[n-]n(-c2ccccc2)c(=O)c1N=Nc1cc(S(N)(=O)=O)ccc1[O-].NS(=O)(=O)c1ccc([O-])c(N=Nc2c([O-])ccc3ccccc23)c1.[Co+3].[Na+]. The van der Waals surface area contributed by atoms with Crippen molar-refractivity contribution < 1.29 is 78.5 Å². The van der Waals surface area contributed by atoms with E-state index in [2.05, 4.69) is 25.6 Å². The molecule has 0 aliphatic rings. The predicted molar refractivity (Wildman–Crippen MR) is 176 cm³/mol. The van der Waals surface area contributed by atoms with Crippen LogP contribution in [-0.2, 0) is 36.8 Å². The second-order valence-corrected chi connectivity index (χ2v) is 13.5. The Kier molecular flexibility index (Phi) is 13.8. The number of hydrogen-bond acceptors (Lipinski definition) is 12. The van der Waals surface area contributed by atoms with Gasteiger partial charge < -0.3 is 25.1 Å². The van der Waals surface area contributed by atoms with Gasteiger partial charge in [-0.3, -0.25) is 4.79 Å². The molecule has 1 aromatic heterocycles. The summed E-state index contributed by atoms with van der Waals surface area (Å²) in [6, 6.07) is 25.1. The summed E-state index contributed by atoms with van der Waals surface area (Å²) < 4.78 is 46.6. The first-order chi connectivity index (χ1) is 23.6. The molecule has 1 heterocycles. The zero-order chi connectivity index (χ0) is 36.2. The van der Waals surface area contributed by atoms with E-state index >= 15 is 0 Å². The second kappa shape index (κ2) is 17.2. The van der Waals surface area contributed by atoms with E-state index in [0.29, 0.717) is 16.8 Å². The van der Waals surface area contributed by atoms with E-state index in [1.165, 1.54) is 10.7 Å². The molecule has 262 valence electrons. The van der Waals surface area contributed by atoms with Gasteiger partial charge in [-0.1, -0.05) is 90.9 Å². The quantitative estimate of drug-likeness (QED) is 0.166. The Bertz CT molecular complexity index is 2580. The van der Waals surface area contributed by atoms with Gasteiger partial charge in [-0.25, -0.2) is 27.1 Å². The van der Waals surface area contributed by atoms with E-state index in [1.54, 1.807) is 55.5 Å². The smallest absolute Gasteiger partial charge is 0.871 e. The first-order valence-corrected chi connectivity index (χ1v) is 17.2. The van der Waals surface area contributed by atoms with Gasteiger partial charge in [0.15, 0.2) is 0 Å². The van der Waals surface area contributed by atoms with Gasteiger partial charge >= 0.3 is 46.3 Å². The van der Waals surface area contributed by atoms with Crippen molar-refractivity contribution in [2.45, 2.75) is 16.7 Å². The molecular weight excluding hydrogens is 770 g/mol. The maximum atomic E-state index is 12.5. The number of sulfonamides is 2. The molecule has 0 unspecified atom stereocenters. The van der Waals surface area contributed by atoms with Crippen molar-refractivity contribution >= 4 is 53.6 Å². The molecule has 0 amide bonds. The first kappa shape index (κ1) is 41.7. The molecule has 6 rings (SSSR count). The van der Waals surface area contributed by atoms with Crippen LogP contribution in [0.4, 0.5) is 22.7 Å². The third-order valence-corrected chi connectivity index (χ3v) is 8.71. The molecule has 0 aliphatic heterocycles. The molecule has 5 aromatic carbocycles. The Balaban J connectivity index is 0.000000271. The van der Waals surface area contributed by atoms with Crippen LogP contribution in [0.25, 0.3) is 16.5 Å². The maximum Gasteiger partial charge on any atom is 3.00 e. The minimum atomic E-state index is -3.99. The van der Waals surface area contributed by atoms with Gasteiger partial charge in [0.2, 0.25) is 20.0 Å². The number of hydrogen-bond donors (Lipinski definition) is 2. The van der Waals surface area contributed by atoms with E-state index in [1.807, 2.05) is 12.1 Å². The summed E-state index contributed by atoms with van der Waals surface area (Å²) in [6.45, 7) is 1.58. The molecule has 52 heavy (non-hydrogen) atoms. The zero-order valence-electron chi connectivity index (χ0n) is 27.1. The fourth-order valence-corrected chi connectivity index (χ4v) is 5.48. The molecule has 0 spiro atoms. The number of fused-ring (bicyclic) bond motifs is 1. The number of azo groups is 2. The van der Waals surface area contributed by atoms with E-state index in [-0.39, 0.29) is 84.6 Å². The van der Waals surface area contributed by atoms with Crippen LogP contribution in [0, 0.1) is 6.92 Å². The van der Waals surface area contributed by atoms with Crippen molar-refractivity contribution in [1.82, 2.24) is 9.78 Å². The van der Waals surface area contributed by atoms with Crippen LogP contribution in [0.15, 0.2) is 138 Å². The van der Waals surface area contributed by atoms with Gasteiger partial charge in [0.1, 0.15) is 5.69 Å². The predicted octanol–water partition coefficient (Wildman–Crippen LogP) is 0.291. The van der Waals surface area contributed by atoms with Gasteiger partial charge in [0.25, 0.3) is 5.56 Å². The first-order valence-electron chi connectivity index (χ1n) is 14.2. The molecule has 4 N–H and O–H groups in total. The summed E-state index contributed by atoms with van der Waals surface area (Å²) in [7, 11) is -7.96. The van der Waals surface area contributed by atoms with Crippen LogP contribution in [0.2, 0.25) is 0 Å². The molecule has 0 radical (unpaired) electrons. The number of benzene rings is 5. The topological polar surface area (TPSA) is 275 Å². The third-order valence-electron chi connectivity index (χ3n) is 6.89. The number of nitrogens with two attached hydrogens (primary N) is 2. The summed E-state index contributed by atoms with van der Waals surface area (Å²) in [4.78, 5) is 11.9. The van der Waals surface area contributed by atoms with Gasteiger partial charge in [0, 0.05) is 11.1 Å². The molecular formula is C32H24CoN8NaO8S2. The molecule has 0 atom stereocenters. The van der Waals surface area contributed by atoms with E-state index in [4.69, 9.17) is 10.3 Å². The van der Waals surface area contributed by atoms with Crippen molar-refractivity contribution in [3.05, 3.63) is 119 Å².